The van der Waals surface area contributed by atoms with Crippen LogP contribution < -0.4 is 10.6 Å². The second-order valence-electron chi connectivity index (χ2n) is 13.2. The Morgan fingerprint density at radius 1 is 0.976 bits per heavy atom. The van der Waals surface area contributed by atoms with Crippen LogP contribution in [0, 0.1) is 0 Å². The topological polar surface area (TPSA) is 90.8 Å². The van der Waals surface area contributed by atoms with Gasteiger partial charge in [-0.1, -0.05) is 68.8 Å². The van der Waals surface area contributed by atoms with Crippen molar-refractivity contribution < 1.29 is 19.4 Å². The Balaban J connectivity index is 1.69. The summed E-state index contributed by atoms with van der Waals surface area (Å²) in [7, 11) is -2.14. The van der Waals surface area contributed by atoms with Crippen molar-refractivity contribution in [1.29, 1.82) is 0 Å². The molecule has 0 saturated carbocycles. The summed E-state index contributed by atoms with van der Waals surface area (Å²) in [5.41, 5.74) is 3.79. The van der Waals surface area contributed by atoms with Crippen molar-refractivity contribution >= 4 is 25.8 Å². The lowest BCUT2D eigenvalue weighted by atomic mass is 9.93. The zero-order valence-corrected chi connectivity index (χ0v) is 27.8. The minimum Gasteiger partial charge on any atom is -0.508 e. The number of halogens is 1. The first kappa shape index (κ1) is 33.8. The van der Waals surface area contributed by atoms with Gasteiger partial charge in [-0.15, -0.1) is 0 Å². The van der Waals surface area contributed by atoms with E-state index < -0.39 is 8.32 Å². The van der Waals surface area contributed by atoms with Gasteiger partial charge in [0.25, 0.3) is 5.91 Å². The summed E-state index contributed by atoms with van der Waals surface area (Å²) in [5.74, 6) is -0.0297. The van der Waals surface area contributed by atoms with Crippen LogP contribution in [0.25, 0.3) is 0 Å². The third kappa shape index (κ3) is 9.41. The van der Waals surface area contributed by atoms with Crippen molar-refractivity contribution in [3.8, 4) is 5.75 Å². The van der Waals surface area contributed by atoms with Gasteiger partial charge in [0.15, 0.2) is 8.32 Å². The Morgan fingerprint density at radius 2 is 1.69 bits per heavy atom. The molecule has 0 aromatic heterocycles. The zero-order chi connectivity index (χ0) is 31.1. The first-order chi connectivity index (χ1) is 19.6. The number of aliphatic hydroxyl groups is 1. The Kier molecular flexibility index (Phi) is 11.4. The molecule has 42 heavy (non-hydrogen) atoms. The Labute approximate surface area is 257 Å². The number of hydrogen-bond donors (Lipinski definition) is 4. The van der Waals surface area contributed by atoms with Crippen molar-refractivity contribution in [1.82, 2.24) is 10.6 Å². The molecule has 0 unspecified atom stereocenters. The molecule has 4 N–H and O–H groups in total. The van der Waals surface area contributed by atoms with Crippen molar-refractivity contribution in [2.75, 3.05) is 13.1 Å². The third-order valence-corrected chi connectivity index (χ3v) is 13.0. The van der Waals surface area contributed by atoms with Gasteiger partial charge in [-0.3, -0.25) is 4.79 Å². The molecule has 0 aliphatic rings. The molecule has 0 spiro atoms. The highest BCUT2D eigenvalue weighted by atomic mass is 35.5. The minimum atomic E-state index is -2.14. The van der Waals surface area contributed by atoms with E-state index in [1.54, 1.807) is 6.07 Å². The van der Waals surface area contributed by atoms with E-state index in [2.05, 4.69) is 58.3 Å². The van der Waals surface area contributed by atoms with Crippen LogP contribution in [0.4, 0.5) is 0 Å². The van der Waals surface area contributed by atoms with Gasteiger partial charge in [0.05, 0.1) is 12.7 Å². The van der Waals surface area contributed by atoms with Gasteiger partial charge in [-0.05, 0) is 91.8 Å². The van der Waals surface area contributed by atoms with Crippen LogP contribution >= 0.6 is 11.6 Å². The molecule has 0 aliphatic heterocycles. The number of amides is 1. The molecule has 0 saturated heterocycles. The summed E-state index contributed by atoms with van der Waals surface area (Å²) in [5, 5.41) is 27.3. The highest BCUT2D eigenvalue weighted by Crippen LogP contribution is 2.40. The lowest BCUT2D eigenvalue weighted by Gasteiger charge is -2.40. The minimum absolute atomic E-state index is 0.0197. The fourth-order valence-corrected chi connectivity index (χ4v) is 6.09. The fraction of sp³-hybridized carbons (Fsp3) is 0.441. The van der Waals surface area contributed by atoms with Crippen LogP contribution in [0.15, 0.2) is 66.7 Å². The maximum Gasteiger partial charge on any atom is 0.251 e. The van der Waals surface area contributed by atoms with E-state index in [0.717, 1.165) is 16.7 Å². The molecule has 0 radical (unpaired) electrons. The monoisotopic (exact) mass is 610 g/mol. The van der Waals surface area contributed by atoms with Crippen LogP contribution in [0.1, 0.15) is 73.3 Å². The van der Waals surface area contributed by atoms with Gasteiger partial charge in [0.2, 0.25) is 0 Å². The van der Waals surface area contributed by atoms with Crippen molar-refractivity contribution in [2.45, 2.75) is 83.8 Å². The van der Waals surface area contributed by atoms with Crippen LogP contribution in [0.3, 0.4) is 0 Å². The van der Waals surface area contributed by atoms with Gasteiger partial charge < -0.3 is 25.3 Å². The van der Waals surface area contributed by atoms with Crippen LogP contribution in [0.5, 0.6) is 5.75 Å². The number of aliphatic hydroxyl groups excluding tert-OH is 1. The number of carbonyl (C=O) groups excluding carboxylic acids is 1. The number of aromatic hydroxyl groups is 1. The number of nitrogens with one attached hydrogen (secondary N) is 2. The van der Waals surface area contributed by atoms with E-state index in [0.29, 0.717) is 42.1 Å². The number of hydrogen-bond acceptors (Lipinski definition) is 5. The Bertz CT molecular complexity index is 1350. The summed E-state index contributed by atoms with van der Waals surface area (Å²) in [4.78, 5) is 12.9. The number of carbonyl (C=O) groups is 1. The summed E-state index contributed by atoms with van der Waals surface area (Å²) in [6.07, 6.45) is 1.12. The quantitative estimate of drug-likeness (QED) is 0.154. The first-order valence-electron chi connectivity index (χ1n) is 14.6. The second-order valence-corrected chi connectivity index (χ2v) is 18.3. The molecular weight excluding hydrogens is 564 g/mol. The lowest BCUT2D eigenvalue weighted by Crippen LogP contribution is -2.47. The normalized spacial score (nSPS) is 13.2. The summed E-state index contributed by atoms with van der Waals surface area (Å²) in [6.45, 7) is 16.2. The molecule has 0 fully saturated rings. The smallest absolute Gasteiger partial charge is 0.251 e. The molecule has 0 aliphatic carbocycles. The predicted molar refractivity (Wildman–Crippen MR) is 175 cm³/mol. The molecule has 0 heterocycles. The van der Waals surface area contributed by atoms with E-state index in [-0.39, 0.29) is 34.9 Å². The first-order valence-corrected chi connectivity index (χ1v) is 17.9. The molecular formula is C34H47ClN2O4Si. The predicted octanol–water partition coefficient (Wildman–Crippen LogP) is 7.18. The molecule has 228 valence electrons. The second kappa shape index (κ2) is 14.2. The SMILES string of the molecule is CC(C)(Cc1cccc(C(=O)NCCc2ccccc2Cl)c1)NC[C@@H](O[Si](C)(C)C(C)(C)C)c1ccc(O)c(CO)c1. The molecule has 6 nitrogen and oxygen atoms in total. The third-order valence-electron chi connectivity index (χ3n) is 8.13. The molecule has 3 rings (SSSR count). The average molecular weight is 611 g/mol. The molecule has 3 aromatic carbocycles. The largest absolute Gasteiger partial charge is 0.508 e. The summed E-state index contributed by atoms with van der Waals surface area (Å²) < 4.78 is 6.85. The van der Waals surface area contributed by atoms with E-state index >= 15 is 0 Å². The van der Waals surface area contributed by atoms with Crippen LogP contribution in [-0.2, 0) is 23.9 Å². The average Bonchev–Trinajstić information content (AvgIpc) is 2.91. The van der Waals surface area contributed by atoms with Gasteiger partial charge in [0.1, 0.15) is 5.75 Å². The van der Waals surface area contributed by atoms with E-state index in [1.807, 2.05) is 60.7 Å². The van der Waals surface area contributed by atoms with E-state index in [9.17, 15) is 15.0 Å². The van der Waals surface area contributed by atoms with Crippen molar-refractivity contribution in [3.05, 3.63) is 99.6 Å². The van der Waals surface area contributed by atoms with Crippen molar-refractivity contribution in [2.24, 2.45) is 0 Å². The van der Waals surface area contributed by atoms with Gasteiger partial charge in [-0.2, -0.15) is 0 Å². The Hall–Kier alpha value is -2.68. The maximum absolute atomic E-state index is 12.9. The molecule has 1 atom stereocenters. The molecule has 0 bridgehead atoms. The zero-order valence-electron chi connectivity index (χ0n) is 26.1. The molecule has 1 amide bonds. The number of phenols is 1. The van der Waals surface area contributed by atoms with Crippen molar-refractivity contribution in [3.63, 3.8) is 0 Å². The van der Waals surface area contributed by atoms with Gasteiger partial charge in [-0.25, -0.2) is 0 Å². The fourth-order valence-electron chi connectivity index (χ4n) is 4.57. The Morgan fingerprint density at radius 3 is 2.36 bits per heavy atom. The highest BCUT2D eigenvalue weighted by molar-refractivity contribution is 6.74. The van der Waals surface area contributed by atoms with Gasteiger partial charge in [0, 0.05) is 34.8 Å². The molecule has 8 heteroatoms. The van der Waals surface area contributed by atoms with E-state index in [4.69, 9.17) is 16.0 Å². The van der Waals surface area contributed by atoms with Crippen LogP contribution in [-0.4, -0.2) is 43.1 Å². The summed E-state index contributed by atoms with van der Waals surface area (Å²) in [6, 6.07) is 20.7. The lowest BCUT2D eigenvalue weighted by molar-refractivity contribution is 0.0954. The highest BCUT2D eigenvalue weighted by Gasteiger charge is 2.39. The van der Waals surface area contributed by atoms with Gasteiger partial charge >= 0.3 is 0 Å². The standard InChI is InChI=1S/C34H47ClN2O4Si/c1-33(2,3)42(6,7)41-31(26-15-16-30(39)28(20-26)23-38)22-37-34(4,5)21-24-11-10-13-27(19-24)32(40)36-18-17-25-12-8-9-14-29(25)35/h8-16,19-20,31,37-39H,17-18,21-23H2,1-7H3,(H,36,40)/t31-/m1/s1. The number of benzene rings is 3. The van der Waals surface area contributed by atoms with E-state index in [1.165, 1.54) is 0 Å². The molecule has 3 aromatic rings. The number of rotatable bonds is 13. The van der Waals surface area contributed by atoms with Crippen LogP contribution in [0.2, 0.25) is 23.2 Å². The maximum atomic E-state index is 12.9. The summed E-state index contributed by atoms with van der Waals surface area (Å²) >= 11 is 6.25.